The van der Waals surface area contributed by atoms with Crippen molar-refractivity contribution in [3.05, 3.63) is 41.7 Å². The van der Waals surface area contributed by atoms with E-state index in [1.165, 1.54) is 0 Å². The summed E-state index contributed by atoms with van der Waals surface area (Å²) >= 11 is 0. The molecule has 1 unspecified atom stereocenters. The Morgan fingerprint density at radius 1 is 1.13 bits per heavy atom. The molecule has 166 valence electrons. The number of rotatable bonds is 4. The number of aromatic amines is 1. The first-order valence-corrected chi connectivity index (χ1v) is 11.1. The summed E-state index contributed by atoms with van der Waals surface area (Å²) in [4.78, 5) is 39.8. The summed E-state index contributed by atoms with van der Waals surface area (Å²) in [5.74, 6) is 2.15. The van der Waals surface area contributed by atoms with Gasteiger partial charge in [-0.3, -0.25) is 19.7 Å². The van der Waals surface area contributed by atoms with Gasteiger partial charge in [-0.05, 0) is 44.2 Å². The van der Waals surface area contributed by atoms with Crippen molar-refractivity contribution < 1.29 is 9.59 Å². The molecule has 2 amide bonds. The third-order valence-electron chi connectivity index (χ3n) is 6.41. The maximum absolute atomic E-state index is 13.3. The van der Waals surface area contributed by atoms with Crippen molar-refractivity contribution in [2.75, 3.05) is 39.3 Å². The normalized spacial score (nSPS) is 21.2. The molecule has 0 aliphatic carbocycles. The molecule has 1 atom stereocenters. The van der Waals surface area contributed by atoms with Crippen LogP contribution in [0.5, 0.6) is 0 Å². The molecule has 9 heteroatoms. The van der Waals surface area contributed by atoms with Crippen LogP contribution >= 0.6 is 0 Å². The summed E-state index contributed by atoms with van der Waals surface area (Å²) in [6, 6.07) is 3.43. The van der Waals surface area contributed by atoms with E-state index < -0.39 is 0 Å². The number of pyridine rings is 1. The molecular formula is C22H31N7O2. The lowest BCUT2D eigenvalue weighted by atomic mass is 9.96. The monoisotopic (exact) mass is 425 g/mol. The Hall–Kier alpha value is -2.81. The first-order valence-electron chi connectivity index (χ1n) is 11.1. The number of likely N-dealkylation sites (tertiary alicyclic amines) is 1. The zero-order valence-corrected chi connectivity index (χ0v) is 18.3. The zero-order chi connectivity index (χ0) is 21.8. The fraction of sp³-hybridized carbons (Fsp3) is 0.591. The van der Waals surface area contributed by atoms with Crippen molar-refractivity contribution in [1.82, 2.24) is 34.9 Å². The molecule has 2 aromatic heterocycles. The van der Waals surface area contributed by atoms with Crippen LogP contribution in [0.3, 0.4) is 0 Å². The van der Waals surface area contributed by atoms with Crippen LogP contribution in [0.15, 0.2) is 24.5 Å². The number of carbonyl (C=O) groups is 2. The Morgan fingerprint density at radius 2 is 1.94 bits per heavy atom. The first-order chi connectivity index (χ1) is 15.0. The minimum absolute atomic E-state index is 0.0304. The summed E-state index contributed by atoms with van der Waals surface area (Å²) in [7, 11) is 0. The number of aryl methyl sites for hydroxylation is 1. The zero-order valence-electron chi connectivity index (χ0n) is 18.3. The van der Waals surface area contributed by atoms with Gasteiger partial charge in [0.15, 0.2) is 5.82 Å². The van der Waals surface area contributed by atoms with Crippen LogP contribution in [0.25, 0.3) is 0 Å². The Labute approximate surface area is 182 Å². The number of H-pyrrole nitrogens is 1. The van der Waals surface area contributed by atoms with E-state index in [-0.39, 0.29) is 17.9 Å². The van der Waals surface area contributed by atoms with E-state index >= 15 is 0 Å². The molecule has 31 heavy (non-hydrogen) atoms. The van der Waals surface area contributed by atoms with Gasteiger partial charge in [0.2, 0.25) is 5.91 Å². The van der Waals surface area contributed by atoms with E-state index in [1.54, 1.807) is 31.5 Å². The highest BCUT2D eigenvalue weighted by Crippen LogP contribution is 2.27. The fourth-order valence-corrected chi connectivity index (χ4v) is 4.63. The lowest BCUT2D eigenvalue weighted by molar-refractivity contribution is -0.130. The van der Waals surface area contributed by atoms with Crippen LogP contribution in [0.2, 0.25) is 0 Å². The molecule has 4 rings (SSSR count). The Bertz CT molecular complexity index is 892. The van der Waals surface area contributed by atoms with Gasteiger partial charge in [-0.2, -0.15) is 5.10 Å². The van der Waals surface area contributed by atoms with Gasteiger partial charge in [-0.1, -0.05) is 0 Å². The topological polar surface area (TPSA) is 98.3 Å². The molecule has 1 N–H and O–H groups in total. The van der Waals surface area contributed by atoms with Crippen LogP contribution in [0.1, 0.15) is 54.2 Å². The standard InChI is InChI=1S/C22H31N7O2/c1-16-24-21(26-25-16)20-7-9-27(15-18-5-10-28(11-6-18)17(2)30)12-13-29(20)22(31)19-4-3-8-23-14-19/h3-4,8,14,18,20H,5-7,9-13,15H2,1-2H3,(H,24,25,26). The molecule has 0 saturated carbocycles. The third-order valence-corrected chi connectivity index (χ3v) is 6.41. The molecular weight excluding hydrogens is 394 g/mol. The summed E-state index contributed by atoms with van der Waals surface area (Å²) in [6.07, 6.45) is 6.16. The maximum atomic E-state index is 13.3. The fourth-order valence-electron chi connectivity index (χ4n) is 4.63. The Morgan fingerprint density at radius 3 is 2.58 bits per heavy atom. The van der Waals surface area contributed by atoms with Crippen molar-refractivity contribution in [3.8, 4) is 0 Å². The van der Waals surface area contributed by atoms with Gasteiger partial charge < -0.3 is 14.7 Å². The van der Waals surface area contributed by atoms with E-state index in [4.69, 9.17) is 0 Å². The van der Waals surface area contributed by atoms with Crippen LogP contribution in [-0.4, -0.2) is 85.9 Å². The van der Waals surface area contributed by atoms with E-state index in [0.717, 1.165) is 57.8 Å². The van der Waals surface area contributed by atoms with E-state index in [1.807, 2.05) is 16.7 Å². The highest BCUT2D eigenvalue weighted by atomic mass is 16.2. The summed E-state index contributed by atoms with van der Waals surface area (Å²) in [6.45, 7) is 8.55. The molecule has 0 aromatic carbocycles. The molecule has 9 nitrogen and oxygen atoms in total. The summed E-state index contributed by atoms with van der Waals surface area (Å²) in [5.41, 5.74) is 0.588. The minimum atomic E-state index is -0.165. The average molecular weight is 426 g/mol. The molecule has 0 radical (unpaired) electrons. The highest BCUT2D eigenvalue weighted by molar-refractivity contribution is 5.94. The van der Waals surface area contributed by atoms with Crippen LogP contribution in [0, 0.1) is 12.8 Å². The second-order valence-corrected chi connectivity index (χ2v) is 8.57. The predicted molar refractivity (Wildman–Crippen MR) is 115 cm³/mol. The van der Waals surface area contributed by atoms with Gasteiger partial charge in [0, 0.05) is 58.6 Å². The molecule has 2 aromatic rings. The lowest BCUT2D eigenvalue weighted by Crippen LogP contribution is -2.42. The second-order valence-electron chi connectivity index (χ2n) is 8.57. The molecule has 2 aliphatic rings. The van der Waals surface area contributed by atoms with Crippen LogP contribution in [-0.2, 0) is 4.79 Å². The maximum Gasteiger partial charge on any atom is 0.256 e. The largest absolute Gasteiger partial charge is 0.343 e. The summed E-state index contributed by atoms with van der Waals surface area (Å²) in [5, 5.41) is 7.29. The van der Waals surface area contributed by atoms with Crippen LogP contribution < -0.4 is 0 Å². The number of aromatic nitrogens is 4. The van der Waals surface area contributed by atoms with Gasteiger partial charge in [-0.15, -0.1) is 0 Å². The SMILES string of the molecule is CC(=O)N1CCC(CN2CCC(c3n[nH]c(C)n3)N(C(=O)c3cccnc3)CC2)CC1. The number of nitrogens with zero attached hydrogens (tertiary/aromatic N) is 6. The summed E-state index contributed by atoms with van der Waals surface area (Å²) < 4.78 is 0. The number of carbonyl (C=O) groups excluding carboxylic acids is 2. The number of hydrogen-bond acceptors (Lipinski definition) is 6. The number of nitrogens with one attached hydrogen (secondary N) is 1. The molecule has 2 aliphatic heterocycles. The smallest absolute Gasteiger partial charge is 0.256 e. The van der Waals surface area contributed by atoms with E-state index in [2.05, 4.69) is 25.1 Å². The molecule has 0 spiro atoms. The van der Waals surface area contributed by atoms with Crippen LogP contribution in [0.4, 0.5) is 0 Å². The van der Waals surface area contributed by atoms with E-state index in [0.29, 0.717) is 23.9 Å². The molecule has 4 heterocycles. The van der Waals surface area contributed by atoms with Crippen molar-refractivity contribution >= 4 is 11.8 Å². The third kappa shape index (κ3) is 5.10. The second kappa shape index (κ2) is 9.55. The van der Waals surface area contributed by atoms with E-state index in [9.17, 15) is 9.59 Å². The van der Waals surface area contributed by atoms with Gasteiger partial charge in [0.05, 0.1) is 11.6 Å². The van der Waals surface area contributed by atoms with Crippen molar-refractivity contribution in [2.45, 2.75) is 39.2 Å². The number of piperidine rings is 1. The Kier molecular flexibility index (Phi) is 6.60. The average Bonchev–Trinajstić information content (AvgIpc) is 3.10. The highest BCUT2D eigenvalue weighted by Gasteiger charge is 2.33. The number of amides is 2. The first kappa shape index (κ1) is 21.4. The molecule has 2 fully saturated rings. The number of hydrogen-bond donors (Lipinski definition) is 1. The van der Waals surface area contributed by atoms with Gasteiger partial charge in [0.1, 0.15) is 5.82 Å². The lowest BCUT2D eigenvalue weighted by Gasteiger charge is -2.34. The quantitative estimate of drug-likeness (QED) is 0.800. The van der Waals surface area contributed by atoms with Crippen molar-refractivity contribution in [3.63, 3.8) is 0 Å². The Balaban J connectivity index is 1.45. The molecule has 0 bridgehead atoms. The van der Waals surface area contributed by atoms with Gasteiger partial charge in [0.25, 0.3) is 5.91 Å². The van der Waals surface area contributed by atoms with Gasteiger partial charge in [-0.25, -0.2) is 4.98 Å². The predicted octanol–water partition coefficient (Wildman–Crippen LogP) is 1.66. The minimum Gasteiger partial charge on any atom is -0.343 e. The van der Waals surface area contributed by atoms with Gasteiger partial charge >= 0.3 is 0 Å². The van der Waals surface area contributed by atoms with Crippen molar-refractivity contribution in [2.24, 2.45) is 5.92 Å². The van der Waals surface area contributed by atoms with Crippen molar-refractivity contribution in [1.29, 1.82) is 0 Å². The molecule has 2 saturated heterocycles.